The highest BCUT2D eigenvalue weighted by atomic mass is 32.2. The zero-order chi connectivity index (χ0) is 15.5. The Morgan fingerprint density at radius 2 is 2.00 bits per heavy atom. The molecule has 7 nitrogen and oxygen atoms in total. The van der Waals surface area contributed by atoms with Crippen LogP contribution in [0.5, 0.6) is 0 Å². The van der Waals surface area contributed by atoms with Crippen LogP contribution >= 0.6 is 0 Å². The van der Waals surface area contributed by atoms with Crippen LogP contribution in [0.1, 0.15) is 23.9 Å². The van der Waals surface area contributed by atoms with Crippen LogP contribution in [-0.4, -0.2) is 39.6 Å². The first-order chi connectivity index (χ1) is 10.0. The molecule has 0 aliphatic carbocycles. The summed E-state index contributed by atoms with van der Waals surface area (Å²) in [5, 5.41) is 15.7. The summed E-state index contributed by atoms with van der Waals surface area (Å²) in [6, 6.07) is 3.54. The summed E-state index contributed by atoms with van der Waals surface area (Å²) in [6.07, 6.45) is 3.25. The second kappa shape index (κ2) is 6.33. The van der Waals surface area contributed by atoms with Crippen LogP contribution in [0.25, 0.3) is 0 Å². The number of hydrogen-bond acceptors (Lipinski definition) is 5. The molecular weight excluding hydrogens is 292 g/mol. The highest BCUT2D eigenvalue weighted by Crippen LogP contribution is 2.23. The van der Waals surface area contributed by atoms with E-state index in [0.29, 0.717) is 12.2 Å². The van der Waals surface area contributed by atoms with Crippen LogP contribution in [0, 0.1) is 6.92 Å². The smallest absolute Gasteiger partial charge is 0.247 e. The van der Waals surface area contributed by atoms with Gasteiger partial charge in [0.05, 0.1) is 12.3 Å². The topological polar surface area (TPSA) is 99.2 Å². The van der Waals surface area contributed by atoms with Crippen LogP contribution < -0.4 is 0 Å². The van der Waals surface area contributed by atoms with Crippen molar-refractivity contribution in [3.63, 3.8) is 0 Å². The normalized spacial score (nSPS) is 12.0. The van der Waals surface area contributed by atoms with Gasteiger partial charge in [-0.15, -0.1) is 0 Å². The van der Waals surface area contributed by atoms with Crippen LogP contribution in [0.2, 0.25) is 0 Å². The Kier molecular flexibility index (Phi) is 4.71. The lowest BCUT2D eigenvalue weighted by Crippen LogP contribution is -2.31. The van der Waals surface area contributed by atoms with E-state index in [1.165, 1.54) is 4.31 Å². The number of pyridine rings is 1. The van der Waals surface area contributed by atoms with Crippen LogP contribution in [-0.2, 0) is 23.2 Å². The molecule has 2 aromatic heterocycles. The number of rotatable bonds is 6. The Morgan fingerprint density at radius 3 is 2.57 bits per heavy atom. The Balaban J connectivity index is 2.38. The van der Waals surface area contributed by atoms with E-state index in [-0.39, 0.29) is 17.1 Å². The number of aromatic nitrogens is 3. The monoisotopic (exact) mass is 310 g/mol. The Morgan fingerprint density at radius 1 is 1.33 bits per heavy atom. The molecule has 0 radical (unpaired) electrons. The van der Waals surface area contributed by atoms with Crippen molar-refractivity contribution >= 4 is 10.0 Å². The van der Waals surface area contributed by atoms with Gasteiger partial charge in [-0.3, -0.25) is 10.1 Å². The second-order valence-corrected chi connectivity index (χ2v) is 6.44. The van der Waals surface area contributed by atoms with Crippen molar-refractivity contribution in [2.24, 2.45) is 0 Å². The van der Waals surface area contributed by atoms with Gasteiger partial charge < -0.3 is 5.11 Å². The van der Waals surface area contributed by atoms with Crippen LogP contribution in [0.15, 0.2) is 29.4 Å². The van der Waals surface area contributed by atoms with Crippen LogP contribution in [0.4, 0.5) is 0 Å². The lowest BCUT2D eigenvalue weighted by molar-refractivity contribution is 0.273. The summed E-state index contributed by atoms with van der Waals surface area (Å²) in [7, 11) is -3.72. The Labute approximate surface area is 123 Å². The number of nitrogens with zero attached hydrogens (tertiary/aromatic N) is 3. The van der Waals surface area contributed by atoms with Gasteiger partial charge in [-0.1, -0.05) is 6.92 Å². The highest BCUT2D eigenvalue weighted by Gasteiger charge is 2.29. The number of hydrogen-bond donors (Lipinski definition) is 2. The van der Waals surface area contributed by atoms with Crippen molar-refractivity contribution < 1.29 is 13.5 Å². The minimum atomic E-state index is -3.72. The average Bonchev–Trinajstić information content (AvgIpc) is 2.87. The van der Waals surface area contributed by atoms with E-state index in [0.717, 1.165) is 5.56 Å². The molecule has 114 valence electrons. The molecule has 0 amide bonds. The quantitative estimate of drug-likeness (QED) is 0.823. The molecule has 2 rings (SSSR count). The predicted octanol–water partition coefficient (Wildman–Crippen LogP) is 0.816. The first-order valence-electron chi connectivity index (χ1n) is 6.54. The molecular formula is C13H18N4O3S. The van der Waals surface area contributed by atoms with E-state index < -0.39 is 16.6 Å². The molecule has 0 atom stereocenters. The minimum Gasteiger partial charge on any atom is -0.390 e. The van der Waals surface area contributed by atoms with E-state index in [1.807, 2.05) is 0 Å². The fraction of sp³-hybridized carbons (Fsp3) is 0.385. The molecule has 0 aliphatic rings. The molecule has 0 aliphatic heterocycles. The van der Waals surface area contributed by atoms with Gasteiger partial charge in [0.15, 0.2) is 0 Å². The zero-order valence-electron chi connectivity index (χ0n) is 11.9. The number of H-pyrrole nitrogens is 1. The SMILES string of the molecule is CCN(Cc1ccncc1)S(=O)(=O)c1c(CO)n[nH]c1C. The van der Waals surface area contributed by atoms with Gasteiger partial charge in [-0.05, 0) is 24.6 Å². The molecule has 0 saturated carbocycles. The number of aliphatic hydroxyl groups is 1. The fourth-order valence-electron chi connectivity index (χ4n) is 2.11. The van der Waals surface area contributed by atoms with Crippen molar-refractivity contribution in [3.05, 3.63) is 41.5 Å². The standard InChI is InChI=1S/C13H18N4O3S/c1-3-17(8-11-4-6-14-7-5-11)21(19,20)13-10(2)15-16-12(13)9-18/h4-7,18H,3,8-9H2,1-2H3,(H,15,16). The van der Waals surface area contributed by atoms with E-state index in [1.54, 1.807) is 38.4 Å². The van der Waals surface area contributed by atoms with Gasteiger partial charge in [0, 0.05) is 25.5 Å². The van der Waals surface area contributed by atoms with Gasteiger partial charge in [0.25, 0.3) is 0 Å². The summed E-state index contributed by atoms with van der Waals surface area (Å²) in [5.74, 6) is 0. The average molecular weight is 310 g/mol. The van der Waals surface area contributed by atoms with Crippen LogP contribution in [0.3, 0.4) is 0 Å². The lowest BCUT2D eigenvalue weighted by atomic mass is 10.3. The first-order valence-corrected chi connectivity index (χ1v) is 7.98. The third-order valence-corrected chi connectivity index (χ3v) is 5.29. The van der Waals surface area contributed by atoms with Gasteiger partial charge in [0.2, 0.25) is 10.0 Å². The molecule has 0 bridgehead atoms. The third-order valence-electron chi connectivity index (χ3n) is 3.17. The van der Waals surface area contributed by atoms with Crippen molar-refractivity contribution in [1.29, 1.82) is 0 Å². The number of aromatic amines is 1. The zero-order valence-corrected chi connectivity index (χ0v) is 12.8. The lowest BCUT2D eigenvalue weighted by Gasteiger charge is -2.20. The second-order valence-electron chi connectivity index (χ2n) is 4.57. The molecule has 2 heterocycles. The Hall–Kier alpha value is -1.77. The van der Waals surface area contributed by atoms with Crippen molar-refractivity contribution in [3.8, 4) is 0 Å². The summed E-state index contributed by atoms with van der Waals surface area (Å²) in [6.45, 7) is 3.54. The first kappa shape index (κ1) is 15.6. The minimum absolute atomic E-state index is 0.0564. The summed E-state index contributed by atoms with van der Waals surface area (Å²) in [5.41, 5.74) is 1.41. The summed E-state index contributed by atoms with van der Waals surface area (Å²) in [4.78, 5) is 3.97. The van der Waals surface area contributed by atoms with E-state index in [4.69, 9.17) is 0 Å². The van der Waals surface area contributed by atoms with E-state index >= 15 is 0 Å². The molecule has 0 unspecified atom stereocenters. The van der Waals surface area contributed by atoms with E-state index in [2.05, 4.69) is 15.2 Å². The number of aryl methyl sites for hydroxylation is 1. The maximum Gasteiger partial charge on any atom is 0.247 e. The number of aliphatic hydroxyl groups excluding tert-OH is 1. The maximum absolute atomic E-state index is 12.8. The van der Waals surface area contributed by atoms with Gasteiger partial charge in [-0.2, -0.15) is 9.40 Å². The molecule has 2 aromatic rings. The van der Waals surface area contributed by atoms with E-state index in [9.17, 15) is 13.5 Å². The highest BCUT2D eigenvalue weighted by molar-refractivity contribution is 7.89. The number of sulfonamides is 1. The third kappa shape index (κ3) is 3.12. The van der Waals surface area contributed by atoms with Crippen molar-refractivity contribution in [1.82, 2.24) is 19.5 Å². The molecule has 0 saturated heterocycles. The summed E-state index contributed by atoms with van der Waals surface area (Å²) < 4.78 is 26.9. The van der Waals surface area contributed by atoms with Gasteiger partial charge in [-0.25, -0.2) is 8.42 Å². The Bertz CT molecular complexity index is 697. The molecule has 8 heteroatoms. The molecule has 0 spiro atoms. The fourth-order valence-corrected chi connectivity index (χ4v) is 3.86. The van der Waals surface area contributed by atoms with Gasteiger partial charge >= 0.3 is 0 Å². The number of nitrogens with one attached hydrogen (secondary N) is 1. The van der Waals surface area contributed by atoms with Crippen molar-refractivity contribution in [2.45, 2.75) is 31.9 Å². The molecule has 0 fully saturated rings. The largest absolute Gasteiger partial charge is 0.390 e. The predicted molar refractivity (Wildman–Crippen MR) is 76.8 cm³/mol. The van der Waals surface area contributed by atoms with Gasteiger partial charge in [0.1, 0.15) is 10.6 Å². The molecule has 21 heavy (non-hydrogen) atoms. The summed E-state index contributed by atoms with van der Waals surface area (Å²) >= 11 is 0. The molecule has 2 N–H and O–H groups in total. The molecule has 0 aromatic carbocycles. The maximum atomic E-state index is 12.8. The van der Waals surface area contributed by atoms with Crippen molar-refractivity contribution in [2.75, 3.05) is 6.54 Å².